The summed E-state index contributed by atoms with van der Waals surface area (Å²) in [4.78, 5) is 12.5. The predicted octanol–water partition coefficient (Wildman–Crippen LogP) is 3.69. The first-order valence-corrected chi connectivity index (χ1v) is 8.72. The van der Waals surface area contributed by atoms with E-state index in [0.717, 1.165) is 34.6 Å². The van der Waals surface area contributed by atoms with Crippen LogP contribution in [-0.2, 0) is 13.0 Å². The second kappa shape index (κ2) is 7.44. The molecule has 0 saturated heterocycles. The van der Waals surface area contributed by atoms with Crippen LogP contribution in [0, 0.1) is 13.8 Å². The van der Waals surface area contributed by atoms with Crippen molar-refractivity contribution in [1.82, 2.24) is 15.1 Å². The number of aryl methyl sites for hydroxylation is 2. The number of rotatable bonds is 5. The zero-order valence-corrected chi connectivity index (χ0v) is 15.3. The number of para-hydroxylation sites is 1. The first kappa shape index (κ1) is 17.7. The molecule has 1 amide bonds. The number of aromatic nitrogens is 2. The molecular weight excluding hydrogens is 326 g/mol. The molecule has 0 aliphatic rings. The third-order valence-electron chi connectivity index (χ3n) is 4.58. The Morgan fingerprint density at radius 2 is 1.88 bits per heavy atom. The second-order valence-electron chi connectivity index (χ2n) is 6.28. The first-order valence-electron chi connectivity index (χ1n) is 8.72. The zero-order chi connectivity index (χ0) is 18.7. The largest absolute Gasteiger partial charge is 0.507 e. The summed E-state index contributed by atoms with van der Waals surface area (Å²) in [5.41, 5.74) is 5.14. The van der Waals surface area contributed by atoms with Gasteiger partial charge in [0.1, 0.15) is 5.75 Å². The fourth-order valence-electron chi connectivity index (χ4n) is 3.00. The number of carbonyl (C=O) groups excluding carboxylic acids is 1. The van der Waals surface area contributed by atoms with Crippen molar-refractivity contribution in [3.8, 4) is 11.4 Å². The summed E-state index contributed by atoms with van der Waals surface area (Å²) in [6.45, 7) is 6.30. The SMILES string of the molecule is CCc1ccc(O)c(C(=O)NCc2c(C)nn(-c3ccccc3)c2C)c1. The minimum absolute atomic E-state index is 0.00637. The number of phenolic OH excluding ortho intramolecular Hbond substituents is 1. The van der Waals surface area contributed by atoms with Gasteiger partial charge >= 0.3 is 0 Å². The van der Waals surface area contributed by atoms with E-state index in [1.807, 2.05) is 61.9 Å². The van der Waals surface area contributed by atoms with Crippen molar-refractivity contribution in [3.05, 3.63) is 76.6 Å². The Hall–Kier alpha value is -3.08. The maximum absolute atomic E-state index is 12.5. The van der Waals surface area contributed by atoms with Crippen LogP contribution in [0.25, 0.3) is 5.69 Å². The molecule has 0 spiro atoms. The van der Waals surface area contributed by atoms with Crippen LogP contribution in [0.1, 0.15) is 39.8 Å². The predicted molar refractivity (Wildman–Crippen MR) is 102 cm³/mol. The molecule has 5 nitrogen and oxygen atoms in total. The van der Waals surface area contributed by atoms with Crippen LogP contribution >= 0.6 is 0 Å². The highest BCUT2D eigenvalue weighted by Gasteiger charge is 2.16. The number of carbonyl (C=O) groups is 1. The van der Waals surface area contributed by atoms with Crippen LogP contribution < -0.4 is 5.32 Å². The van der Waals surface area contributed by atoms with E-state index in [1.54, 1.807) is 12.1 Å². The number of nitrogens with one attached hydrogen (secondary N) is 1. The van der Waals surface area contributed by atoms with E-state index in [4.69, 9.17) is 0 Å². The fraction of sp³-hybridized carbons (Fsp3) is 0.238. The minimum atomic E-state index is -0.288. The summed E-state index contributed by atoms with van der Waals surface area (Å²) in [5.74, 6) is -0.294. The molecule has 0 aliphatic carbocycles. The number of hydrogen-bond donors (Lipinski definition) is 2. The highest BCUT2D eigenvalue weighted by atomic mass is 16.3. The highest BCUT2D eigenvalue weighted by Crippen LogP contribution is 2.20. The van der Waals surface area contributed by atoms with Crippen molar-refractivity contribution in [2.75, 3.05) is 0 Å². The summed E-state index contributed by atoms with van der Waals surface area (Å²) in [6.07, 6.45) is 0.808. The van der Waals surface area contributed by atoms with Gasteiger partial charge in [-0.2, -0.15) is 5.10 Å². The lowest BCUT2D eigenvalue weighted by Crippen LogP contribution is -2.23. The Kier molecular flexibility index (Phi) is 5.07. The molecule has 1 aromatic heterocycles. The molecule has 0 radical (unpaired) electrons. The summed E-state index contributed by atoms with van der Waals surface area (Å²) >= 11 is 0. The molecule has 0 atom stereocenters. The van der Waals surface area contributed by atoms with Crippen LogP contribution in [0.4, 0.5) is 0 Å². The van der Waals surface area contributed by atoms with Gasteiger partial charge in [0.2, 0.25) is 0 Å². The van der Waals surface area contributed by atoms with E-state index in [0.29, 0.717) is 12.1 Å². The standard InChI is InChI=1S/C21H23N3O2/c1-4-16-10-11-20(25)18(12-16)21(26)22-13-19-14(2)23-24(15(19)3)17-8-6-5-7-9-17/h5-12,25H,4,13H2,1-3H3,(H,22,26). The van der Waals surface area contributed by atoms with Crippen molar-refractivity contribution in [2.45, 2.75) is 33.7 Å². The second-order valence-corrected chi connectivity index (χ2v) is 6.28. The summed E-state index contributed by atoms with van der Waals surface area (Å²) in [7, 11) is 0. The van der Waals surface area contributed by atoms with E-state index >= 15 is 0 Å². The summed E-state index contributed by atoms with van der Waals surface area (Å²) in [6, 6.07) is 15.0. The lowest BCUT2D eigenvalue weighted by atomic mass is 10.1. The van der Waals surface area contributed by atoms with E-state index in [1.165, 1.54) is 0 Å². The topological polar surface area (TPSA) is 67.2 Å². The number of nitrogens with zero attached hydrogens (tertiary/aromatic N) is 2. The maximum Gasteiger partial charge on any atom is 0.255 e. The van der Waals surface area contributed by atoms with E-state index in [9.17, 15) is 9.90 Å². The highest BCUT2D eigenvalue weighted by molar-refractivity contribution is 5.97. The van der Waals surface area contributed by atoms with Crippen LogP contribution in [0.15, 0.2) is 48.5 Å². The fourth-order valence-corrected chi connectivity index (χ4v) is 3.00. The first-order chi connectivity index (χ1) is 12.5. The van der Waals surface area contributed by atoms with Gasteiger partial charge in [0.25, 0.3) is 5.91 Å². The van der Waals surface area contributed by atoms with Gasteiger partial charge in [-0.05, 0) is 50.1 Å². The average molecular weight is 349 g/mol. The van der Waals surface area contributed by atoms with Gasteiger partial charge in [0.05, 0.1) is 16.9 Å². The molecule has 2 N–H and O–H groups in total. The van der Waals surface area contributed by atoms with Gasteiger partial charge in [-0.15, -0.1) is 0 Å². The molecule has 0 saturated carbocycles. The van der Waals surface area contributed by atoms with Crippen molar-refractivity contribution in [2.24, 2.45) is 0 Å². The van der Waals surface area contributed by atoms with Crippen LogP contribution in [0.5, 0.6) is 5.75 Å². The molecule has 134 valence electrons. The van der Waals surface area contributed by atoms with Gasteiger partial charge in [-0.25, -0.2) is 4.68 Å². The Morgan fingerprint density at radius 1 is 1.15 bits per heavy atom. The van der Waals surface area contributed by atoms with Gasteiger partial charge < -0.3 is 10.4 Å². The molecule has 0 unspecified atom stereocenters. The zero-order valence-electron chi connectivity index (χ0n) is 15.3. The van der Waals surface area contributed by atoms with E-state index < -0.39 is 0 Å². The molecule has 1 heterocycles. The molecule has 5 heteroatoms. The third-order valence-corrected chi connectivity index (χ3v) is 4.58. The Balaban J connectivity index is 1.80. The van der Waals surface area contributed by atoms with Crippen LogP contribution in [0.2, 0.25) is 0 Å². The molecule has 2 aromatic carbocycles. The maximum atomic E-state index is 12.5. The lowest BCUT2D eigenvalue weighted by Gasteiger charge is -2.09. The number of benzene rings is 2. The number of phenols is 1. The van der Waals surface area contributed by atoms with Gasteiger partial charge in [0, 0.05) is 17.8 Å². The van der Waals surface area contributed by atoms with Crippen molar-refractivity contribution < 1.29 is 9.90 Å². The molecule has 0 aliphatic heterocycles. The number of hydrogen-bond acceptors (Lipinski definition) is 3. The molecule has 0 fully saturated rings. The van der Waals surface area contributed by atoms with Gasteiger partial charge in [-0.1, -0.05) is 31.2 Å². The van der Waals surface area contributed by atoms with Crippen LogP contribution in [0.3, 0.4) is 0 Å². The van der Waals surface area contributed by atoms with Crippen molar-refractivity contribution in [1.29, 1.82) is 0 Å². The van der Waals surface area contributed by atoms with Crippen molar-refractivity contribution in [3.63, 3.8) is 0 Å². The van der Waals surface area contributed by atoms with E-state index in [2.05, 4.69) is 10.4 Å². The van der Waals surface area contributed by atoms with Crippen molar-refractivity contribution >= 4 is 5.91 Å². The number of amides is 1. The smallest absolute Gasteiger partial charge is 0.255 e. The monoisotopic (exact) mass is 349 g/mol. The molecular formula is C21H23N3O2. The van der Waals surface area contributed by atoms with Gasteiger partial charge in [-0.3, -0.25) is 4.79 Å². The molecule has 26 heavy (non-hydrogen) atoms. The van der Waals surface area contributed by atoms with Crippen LogP contribution in [-0.4, -0.2) is 20.8 Å². The summed E-state index contributed by atoms with van der Waals surface area (Å²) < 4.78 is 1.88. The molecule has 3 aromatic rings. The Labute approximate surface area is 153 Å². The molecule has 3 rings (SSSR count). The number of aromatic hydroxyl groups is 1. The quantitative estimate of drug-likeness (QED) is 0.738. The Morgan fingerprint density at radius 3 is 2.58 bits per heavy atom. The Bertz CT molecular complexity index is 930. The summed E-state index contributed by atoms with van der Waals surface area (Å²) in [5, 5.41) is 17.5. The normalized spacial score (nSPS) is 10.7. The third kappa shape index (κ3) is 3.47. The molecule has 0 bridgehead atoms. The average Bonchev–Trinajstić information content (AvgIpc) is 2.95. The van der Waals surface area contributed by atoms with E-state index in [-0.39, 0.29) is 11.7 Å². The van der Waals surface area contributed by atoms with Gasteiger partial charge in [0.15, 0.2) is 0 Å². The lowest BCUT2D eigenvalue weighted by molar-refractivity contribution is 0.0948. The minimum Gasteiger partial charge on any atom is -0.507 e.